The molecule has 0 unspecified atom stereocenters. The monoisotopic (exact) mass is 268 g/mol. The van der Waals surface area contributed by atoms with Gasteiger partial charge in [0.2, 0.25) is 6.79 Å². The van der Waals surface area contributed by atoms with E-state index in [4.69, 9.17) is 14.7 Å². The molecule has 5 heteroatoms. The van der Waals surface area contributed by atoms with E-state index in [1.54, 1.807) is 30.3 Å². The van der Waals surface area contributed by atoms with E-state index in [-0.39, 0.29) is 12.5 Å². The zero-order chi connectivity index (χ0) is 13.9. The van der Waals surface area contributed by atoms with E-state index in [0.29, 0.717) is 29.2 Å². The molecule has 0 aliphatic carbocycles. The number of rotatable bonds is 3. The summed E-state index contributed by atoms with van der Waals surface area (Å²) in [5.41, 5.74) is 2.11. The summed E-state index contributed by atoms with van der Waals surface area (Å²) in [4.78, 5) is 0. The molecule has 0 saturated heterocycles. The Morgan fingerprint density at radius 2 is 2.00 bits per heavy atom. The molecule has 5 nitrogen and oxygen atoms in total. The predicted molar refractivity (Wildman–Crippen MR) is 72.7 cm³/mol. The number of anilines is 1. The van der Waals surface area contributed by atoms with E-state index in [0.717, 1.165) is 5.69 Å². The Balaban J connectivity index is 1.77. The molecule has 0 fully saturated rings. The normalized spacial score (nSPS) is 11.9. The summed E-state index contributed by atoms with van der Waals surface area (Å²) in [5.74, 6) is 1.33. The van der Waals surface area contributed by atoms with Gasteiger partial charge in [0.05, 0.1) is 11.6 Å². The SMILES string of the molecule is N#Cc1cccc(NCc2cc3c(cc2O)OCO3)c1. The van der Waals surface area contributed by atoms with Crippen LogP contribution in [0, 0.1) is 11.3 Å². The van der Waals surface area contributed by atoms with E-state index in [1.807, 2.05) is 6.07 Å². The van der Waals surface area contributed by atoms with Crippen LogP contribution in [0.4, 0.5) is 5.69 Å². The Morgan fingerprint density at radius 1 is 1.20 bits per heavy atom. The van der Waals surface area contributed by atoms with Gasteiger partial charge >= 0.3 is 0 Å². The zero-order valence-electron chi connectivity index (χ0n) is 10.6. The van der Waals surface area contributed by atoms with Gasteiger partial charge in [0.25, 0.3) is 0 Å². The number of aromatic hydroxyl groups is 1. The number of nitrogens with one attached hydrogen (secondary N) is 1. The molecule has 0 radical (unpaired) electrons. The van der Waals surface area contributed by atoms with Gasteiger partial charge in [0, 0.05) is 23.9 Å². The Hall–Kier alpha value is -2.87. The standard InChI is InChI=1S/C15H12N2O3/c16-7-10-2-1-3-12(4-10)17-8-11-5-14-15(6-13(11)18)20-9-19-14/h1-6,17-18H,8-9H2. The average molecular weight is 268 g/mol. The van der Waals surface area contributed by atoms with E-state index in [2.05, 4.69) is 11.4 Å². The summed E-state index contributed by atoms with van der Waals surface area (Å²) in [6, 6.07) is 12.5. The fraction of sp³-hybridized carbons (Fsp3) is 0.133. The highest BCUT2D eigenvalue weighted by atomic mass is 16.7. The van der Waals surface area contributed by atoms with Gasteiger partial charge in [0.15, 0.2) is 11.5 Å². The third-order valence-corrected chi connectivity index (χ3v) is 3.05. The lowest BCUT2D eigenvalue weighted by atomic mass is 10.1. The van der Waals surface area contributed by atoms with E-state index >= 15 is 0 Å². The quantitative estimate of drug-likeness (QED) is 0.895. The second-order valence-electron chi connectivity index (χ2n) is 4.38. The van der Waals surface area contributed by atoms with Crippen molar-refractivity contribution >= 4 is 5.69 Å². The third kappa shape index (κ3) is 2.31. The molecule has 0 amide bonds. The minimum atomic E-state index is 0.151. The number of hydrogen-bond acceptors (Lipinski definition) is 5. The molecule has 2 aromatic carbocycles. The summed E-state index contributed by atoms with van der Waals surface area (Å²) >= 11 is 0. The van der Waals surface area contributed by atoms with Gasteiger partial charge in [-0.3, -0.25) is 0 Å². The first-order valence-corrected chi connectivity index (χ1v) is 6.12. The summed E-state index contributed by atoms with van der Waals surface area (Å²) in [6.07, 6.45) is 0. The number of phenols is 1. The van der Waals surface area contributed by atoms with Gasteiger partial charge in [-0.05, 0) is 24.3 Å². The van der Waals surface area contributed by atoms with Crippen molar-refractivity contribution in [3.63, 3.8) is 0 Å². The zero-order valence-corrected chi connectivity index (χ0v) is 10.6. The Bertz CT molecular complexity index is 692. The largest absolute Gasteiger partial charge is 0.507 e. The van der Waals surface area contributed by atoms with Crippen molar-refractivity contribution in [3.8, 4) is 23.3 Å². The van der Waals surface area contributed by atoms with Gasteiger partial charge < -0.3 is 19.9 Å². The number of nitriles is 1. The van der Waals surface area contributed by atoms with Crippen molar-refractivity contribution in [1.29, 1.82) is 5.26 Å². The molecule has 0 saturated carbocycles. The van der Waals surface area contributed by atoms with Crippen LogP contribution in [0.3, 0.4) is 0 Å². The number of benzene rings is 2. The van der Waals surface area contributed by atoms with Crippen molar-refractivity contribution in [3.05, 3.63) is 47.5 Å². The van der Waals surface area contributed by atoms with Crippen LogP contribution in [-0.4, -0.2) is 11.9 Å². The number of ether oxygens (including phenoxy) is 2. The summed E-state index contributed by atoms with van der Waals surface area (Å²) in [7, 11) is 0. The first kappa shape index (κ1) is 12.2. The fourth-order valence-corrected chi connectivity index (χ4v) is 2.01. The molecule has 0 atom stereocenters. The second-order valence-corrected chi connectivity index (χ2v) is 4.38. The van der Waals surface area contributed by atoms with Crippen molar-refractivity contribution in [2.24, 2.45) is 0 Å². The van der Waals surface area contributed by atoms with E-state index in [9.17, 15) is 5.11 Å². The summed E-state index contributed by atoms with van der Waals surface area (Å²) in [6.45, 7) is 0.604. The van der Waals surface area contributed by atoms with Crippen LogP contribution >= 0.6 is 0 Å². The van der Waals surface area contributed by atoms with Crippen LogP contribution in [0.5, 0.6) is 17.2 Å². The van der Waals surface area contributed by atoms with Crippen LogP contribution in [0.2, 0.25) is 0 Å². The van der Waals surface area contributed by atoms with Crippen LogP contribution < -0.4 is 14.8 Å². The number of phenolic OH excluding ortho intramolecular Hbond substituents is 1. The highest BCUT2D eigenvalue weighted by Crippen LogP contribution is 2.37. The van der Waals surface area contributed by atoms with Gasteiger partial charge in [0.1, 0.15) is 5.75 Å². The van der Waals surface area contributed by atoms with Crippen molar-refractivity contribution in [2.75, 3.05) is 12.1 Å². The summed E-state index contributed by atoms with van der Waals surface area (Å²) in [5, 5.41) is 21.9. The van der Waals surface area contributed by atoms with E-state index in [1.165, 1.54) is 0 Å². The molecule has 0 bridgehead atoms. The molecule has 1 heterocycles. The molecular weight excluding hydrogens is 256 g/mol. The highest BCUT2D eigenvalue weighted by Gasteiger charge is 2.16. The highest BCUT2D eigenvalue weighted by molar-refractivity contribution is 5.54. The van der Waals surface area contributed by atoms with Gasteiger partial charge in [-0.1, -0.05) is 6.07 Å². The molecule has 20 heavy (non-hydrogen) atoms. The summed E-state index contributed by atoms with van der Waals surface area (Å²) < 4.78 is 10.5. The van der Waals surface area contributed by atoms with E-state index < -0.39 is 0 Å². The maximum atomic E-state index is 9.93. The van der Waals surface area contributed by atoms with Gasteiger partial charge in [-0.15, -0.1) is 0 Å². The lowest BCUT2D eigenvalue weighted by molar-refractivity contribution is 0.174. The third-order valence-electron chi connectivity index (χ3n) is 3.05. The fourth-order valence-electron chi connectivity index (χ4n) is 2.01. The Kier molecular flexibility index (Phi) is 3.05. The molecular formula is C15H12N2O3. The number of fused-ring (bicyclic) bond motifs is 1. The topological polar surface area (TPSA) is 74.5 Å². The molecule has 2 N–H and O–H groups in total. The minimum Gasteiger partial charge on any atom is -0.507 e. The number of nitrogens with zero attached hydrogens (tertiary/aromatic N) is 1. The van der Waals surface area contributed by atoms with Crippen LogP contribution in [0.25, 0.3) is 0 Å². The Morgan fingerprint density at radius 3 is 2.80 bits per heavy atom. The maximum absolute atomic E-state index is 9.93. The molecule has 1 aliphatic heterocycles. The van der Waals surface area contributed by atoms with Crippen molar-refractivity contribution in [2.45, 2.75) is 6.54 Å². The Labute approximate surface area is 116 Å². The van der Waals surface area contributed by atoms with Gasteiger partial charge in [-0.25, -0.2) is 0 Å². The first-order chi connectivity index (χ1) is 9.76. The molecule has 0 spiro atoms. The molecule has 3 rings (SSSR count). The molecule has 2 aromatic rings. The lowest BCUT2D eigenvalue weighted by Crippen LogP contribution is -2.00. The molecule has 0 aromatic heterocycles. The van der Waals surface area contributed by atoms with Crippen LogP contribution in [0.15, 0.2) is 36.4 Å². The number of hydrogen-bond donors (Lipinski definition) is 2. The van der Waals surface area contributed by atoms with Crippen LogP contribution in [-0.2, 0) is 6.54 Å². The molecule has 1 aliphatic rings. The van der Waals surface area contributed by atoms with Crippen molar-refractivity contribution in [1.82, 2.24) is 0 Å². The predicted octanol–water partition coefficient (Wildman–Crippen LogP) is 2.60. The van der Waals surface area contributed by atoms with Crippen LogP contribution in [0.1, 0.15) is 11.1 Å². The van der Waals surface area contributed by atoms with Crippen molar-refractivity contribution < 1.29 is 14.6 Å². The lowest BCUT2D eigenvalue weighted by Gasteiger charge is -2.09. The minimum absolute atomic E-state index is 0.151. The maximum Gasteiger partial charge on any atom is 0.231 e. The molecule has 100 valence electrons. The first-order valence-electron chi connectivity index (χ1n) is 6.12. The average Bonchev–Trinajstić information content (AvgIpc) is 2.92. The smallest absolute Gasteiger partial charge is 0.231 e. The second kappa shape index (κ2) is 5.02. The van der Waals surface area contributed by atoms with Gasteiger partial charge in [-0.2, -0.15) is 5.26 Å².